The summed E-state index contributed by atoms with van der Waals surface area (Å²) < 4.78 is 0. The first kappa shape index (κ1) is 48.5. The molecule has 50 heavy (non-hydrogen) atoms. The van der Waals surface area contributed by atoms with Gasteiger partial charge in [0.05, 0.1) is 18.8 Å². The topological polar surface area (TPSA) is 110 Å². The lowest BCUT2D eigenvalue weighted by Crippen LogP contribution is -2.52. The molecule has 5 N–H and O–H groups in total. The molecule has 1 amide bonds. The Morgan fingerprint density at radius 1 is 0.520 bits per heavy atom. The van der Waals surface area contributed by atoms with Gasteiger partial charge in [-0.2, -0.15) is 0 Å². The second-order valence-electron chi connectivity index (χ2n) is 14.7. The molecule has 0 aliphatic heterocycles. The zero-order valence-corrected chi connectivity index (χ0v) is 32.9. The van der Waals surface area contributed by atoms with E-state index in [0.717, 1.165) is 25.7 Å². The number of aliphatic hydroxyl groups is 4. The van der Waals surface area contributed by atoms with Gasteiger partial charge >= 0.3 is 0 Å². The fourth-order valence-electron chi connectivity index (χ4n) is 6.39. The lowest BCUT2D eigenvalue weighted by atomic mass is 10.0. The number of carbonyl (C=O) groups is 1. The second kappa shape index (κ2) is 38.8. The van der Waals surface area contributed by atoms with E-state index in [-0.39, 0.29) is 6.42 Å². The molecule has 0 radical (unpaired) electrons. The molecule has 0 saturated carbocycles. The Morgan fingerprint density at radius 2 is 0.900 bits per heavy atom. The fourth-order valence-corrected chi connectivity index (χ4v) is 6.39. The minimum Gasteiger partial charge on any atom is -0.394 e. The number of aliphatic hydroxyl groups excluding tert-OH is 4. The summed E-state index contributed by atoms with van der Waals surface area (Å²) in [5, 5.41) is 43.4. The number of hydrogen-bond acceptors (Lipinski definition) is 5. The predicted octanol–water partition coefficient (Wildman–Crippen LogP) is 11.0. The molecule has 0 aromatic heterocycles. The molecule has 0 aliphatic carbocycles. The van der Waals surface area contributed by atoms with Crippen molar-refractivity contribution in [1.29, 1.82) is 0 Å². The van der Waals surface area contributed by atoms with Crippen LogP contribution in [0.3, 0.4) is 0 Å². The normalized spacial score (nSPS) is 14.6. The first-order valence-corrected chi connectivity index (χ1v) is 21.4. The van der Waals surface area contributed by atoms with E-state index >= 15 is 0 Å². The van der Waals surface area contributed by atoms with Crippen molar-refractivity contribution in [2.75, 3.05) is 6.61 Å². The molecule has 0 saturated heterocycles. The van der Waals surface area contributed by atoms with E-state index in [0.29, 0.717) is 12.8 Å². The number of nitrogens with one attached hydrogen (secondary N) is 1. The Balaban J connectivity index is 3.81. The number of unbranched alkanes of at least 4 members (excludes halogenated alkanes) is 24. The summed E-state index contributed by atoms with van der Waals surface area (Å²) in [7, 11) is 0. The number of allylic oxidation sites excluding steroid dienone is 5. The molecule has 0 spiro atoms. The van der Waals surface area contributed by atoms with Crippen LogP contribution in [0.5, 0.6) is 0 Å². The van der Waals surface area contributed by atoms with Crippen molar-refractivity contribution in [2.45, 2.75) is 231 Å². The maximum Gasteiger partial charge on any atom is 0.249 e. The largest absolute Gasteiger partial charge is 0.394 e. The van der Waals surface area contributed by atoms with E-state index in [1.807, 2.05) is 6.08 Å². The first-order valence-electron chi connectivity index (χ1n) is 21.4. The van der Waals surface area contributed by atoms with Gasteiger partial charge in [0.2, 0.25) is 5.91 Å². The van der Waals surface area contributed by atoms with Crippen LogP contribution >= 0.6 is 0 Å². The number of hydrogen-bond donors (Lipinski definition) is 5. The van der Waals surface area contributed by atoms with Crippen LogP contribution in [0.2, 0.25) is 0 Å². The molecule has 0 bridgehead atoms. The molecule has 0 aliphatic rings. The van der Waals surface area contributed by atoms with Gasteiger partial charge in [0.1, 0.15) is 12.2 Å². The summed E-state index contributed by atoms with van der Waals surface area (Å²) in [5.74, 6) is -0.661. The molecule has 4 atom stereocenters. The van der Waals surface area contributed by atoms with E-state index in [4.69, 9.17) is 0 Å². The summed E-state index contributed by atoms with van der Waals surface area (Å²) in [4.78, 5) is 12.4. The highest BCUT2D eigenvalue weighted by atomic mass is 16.3. The summed E-state index contributed by atoms with van der Waals surface area (Å²) >= 11 is 0. The highest BCUT2D eigenvalue weighted by Gasteiger charge is 2.28. The van der Waals surface area contributed by atoms with Gasteiger partial charge in [-0.15, -0.1) is 0 Å². The van der Waals surface area contributed by atoms with Crippen LogP contribution in [0.1, 0.15) is 206 Å². The molecule has 0 rings (SSSR count). The van der Waals surface area contributed by atoms with Gasteiger partial charge in [-0.05, 0) is 51.4 Å². The lowest BCUT2D eigenvalue weighted by molar-refractivity contribution is -0.132. The van der Waals surface area contributed by atoms with Gasteiger partial charge in [0.25, 0.3) is 0 Å². The second-order valence-corrected chi connectivity index (χ2v) is 14.7. The van der Waals surface area contributed by atoms with Gasteiger partial charge in [0.15, 0.2) is 0 Å². The third-order valence-corrected chi connectivity index (χ3v) is 9.83. The van der Waals surface area contributed by atoms with Crippen LogP contribution in [0.15, 0.2) is 36.5 Å². The smallest absolute Gasteiger partial charge is 0.249 e. The van der Waals surface area contributed by atoms with E-state index in [1.165, 1.54) is 148 Å². The minimum absolute atomic E-state index is 0.152. The maximum absolute atomic E-state index is 12.4. The number of rotatable bonds is 38. The molecule has 0 aromatic rings. The monoisotopic (exact) mass is 706 g/mol. The highest BCUT2D eigenvalue weighted by Crippen LogP contribution is 2.15. The molecule has 6 nitrogen and oxygen atoms in total. The maximum atomic E-state index is 12.4. The number of carbonyl (C=O) groups excluding carboxylic acids is 1. The third-order valence-electron chi connectivity index (χ3n) is 9.83. The van der Waals surface area contributed by atoms with Crippen LogP contribution in [0, 0.1) is 0 Å². The van der Waals surface area contributed by atoms with Crippen molar-refractivity contribution in [3.05, 3.63) is 36.5 Å². The van der Waals surface area contributed by atoms with Gasteiger partial charge in [-0.3, -0.25) is 4.79 Å². The van der Waals surface area contributed by atoms with Gasteiger partial charge in [0, 0.05) is 6.42 Å². The Bertz CT molecular complexity index is 797. The minimum atomic E-state index is -1.30. The van der Waals surface area contributed by atoms with E-state index < -0.39 is 36.9 Å². The van der Waals surface area contributed by atoms with Crippen molar-refractivity contribution in [1.82, 2.24) is 5.32 Å². The van der Waals surface area contributed by atoms with Crippen LogP contribution in [0.4, 0.5) is 0 Å². The van der Waals surface area contributed by atoms with E-state index in [2.05, 4.69) is 43.5 Å². The van der Waals surface area contributed by atoms with E-state index in [1.54, 1.807) is 6.08 Å². The fraction of sp³-hybridized carbons (Fsp3) is 0.841. The zero-order valence-electron chi connectivity index (χ0n) is 32.9. The number of amides is 1. The highest BCUT2D eigenvalue weighted by molar-refractivity contribution is 5.81. The van der Waals surface area contributed by atoms with Gasteiger partial charge < -0.3 is 25.7 Å². The van der Waals surface area contributed by atoms with Gasteiger partial charge in [-0.1, -0.05) is 185 Å². The predicted molar refractivity (Wildman–Crippen MR) is 214 cm³/mol. The van der Waals surface area contributed by atoms with Crippen molar-refractivity contribution in [2.24, 2.45) is 0 Å². The van der Waals surface area contributed by atoms with Crippen molar-refractivity contribution < 1.29 is 25.2 Å². The summed E-state index contributed by atoms with van der Waals surface area (Å²) in [5.41, 5.74) is 0. The lowest BCUT2D eigenvalue weighted by Gasteiger charge is -2.27. The third kappa shape index (κ3) is 32.4. The standard InChI is InChI=1S/C44H83NO5/c1-3-5-7-9-11-13-15-17-18-19-20-21-22-23-24-25-26-28-29-31-33-35-37-41(47)43(49)40(39-46)45-44(50)42(48)38-36-34-32-30-27-16-14-12-10-8-6-4-2/h27,29-31,34,36,40-43,46-49H,3-26,28,32-33,35,37-39H2,1-2H3,(H,45,50)/b30-27-,31-29+,36-34-. The van der Waals surface area contributed by atoms with Gasteiger partial charge in [-0.25, -0.2) is 0 Å². The first-order chi connectivity index (χ1) is 24.5. The SMILES string of the molecule is CCCCCCCC/C=C\C/C=C\CC(O)C(=O)NC(CO)C(O)C(O)CCC/C=C/CCCCCCCCCCCCCCCCCCC. The van der Waals surface area contributed by atoms with Crippen LogP contribution in [-0.2, 0) is 4.79 Å². The van der Waals surface area contributed by atoms with Crippen molar-refractivity contribution in [3.63, 3.8) is 0 Å². The molecular formula is C44H83NO5. The molecule has 0 fully saturated rings. The van der Waals surface area contributed by atoms with Crippen LogP contribution in [0.25, 0.3) is 0 Å². The quantitative estimate of drug-likeness (QED) is 0.0324. The molecular weight excluding hydrogens is 622 g/mol. The van der Waals surface area contributed by atoms with Crippen LogP contribution in [-0.4, -0.2) is 57.3 Å². The summed E-state index contributed by atoms with van der Waals surface area (Å²) in [6.07, 6.45) is 44.9. The molecule has 0 heterocycles. The Labute approximate surface area is 309 Å². The average molecular weight is 706 g/mol. The Kier molecular flexibility index (Phi) is 37.6. The molecule has 294 valence electrons. The Morgan fingerprint density at radius 3 is 1.34 bits per heavy atom. The summed E-state index contributed by atoms with van der Waals surface area (Å²) in [6.45, 7) is 3.99. The Hall–Kier alpha value is -1.47. The summed E-state index contributed by atoms with van der Waals surface area (Å²) in [6, 6.07) is -1.03. The molecule has 0 aromatic carbocycles. The van der Waals surface area contributed by atoms with Crippen molar-refractivity contribution >= 4 is 5.91 Å². The van der Waals surface area contributed by atoms with Crippen molar-refractivity contribution in [3.8, 4) is 0 Å². The average Bonchev–Trinajstić information content (AvgIpc) is 3.12. The zero-order chi connectivity index (χ0) is 36.8. The molecule has 6 heteroatoms. The molecule has 4 unspecified atom stereocenters. The van der Waals surface area contributed by atoms with Crippen LogP contribution < -0.4 is 5.32 Å². The van der Waals surface area contributed by atoms with E-state index in [9.17, 15) is 25.2 Å².